The van der Waals surface area contributed by atoms with Crippen LogP contribution in [0.25, 0.3) is 0 Å². The van der Waals surface area contributed by atoms with Crippen LogP contribution in [0.15, 0.2) is 0 Å². The Labute approximate surface area is 136 Å². The van der Waals surface area contributed by atoms with Crippen LogP contribution in [0.4, 0.5) is 0 Å². The number of hydrogen-bond donors (Lipinski definition) is 0. The average molecular weight is 296 g/mol. The molecule has 0 aliphatic heterocycles. The molecule has 0 bridgehead atoms. The molecule has 0 rings (SSSR count). The van der Waals surface area contributed by atoms with E-state index in [1.165, 1.54) is 89.9 Å². The molecule has 0 N–H and O–H groups in total. The second-order valence-corrected chi connectivity index (χ2v) is 6.99. The molecule has 0 heteroatoms. The third kappa shape index (κ3) is 13.4. The summed E-state index contributed by atoms with van der Waals surface area (Å²) in [7, 11) is 0. The van der Waals surface area contributed by atoms with Gasteiger partial charge in [-0.1, -0.05) is 118 Å². The highest BCUT2D eigenvalue weighted by molar-refractivity contribution is 4.84. The molecule has 2 atom stereocenters. The molecule has 0 nitrogen and oxygen atoms in total. The van der Waals surface area contributed by atoms with E-state index >= 15 is 0 Å². The van der Waals surface area contributed by atoms with Gasteiger partial charge in [-0.15, -0.1) is 0 Å². The van der Waals surface area contributed by atoms with E-state index in [1.807, 2.05) is 0 Å². The molecular formula is C21H43. The molecule has 0 aliphatic carbocycles. The van der Waals surface area contributed by atoms with Crippen LogP contribution < -0.4 is 0 Å². The van der Waals surface area contributed by atoms with Crippen LogP contribution in [0.5, 0.6) is 0 Å². The highest BCUT2D eigenvalue weighted by Gasteiger charge is 2.16. The molecule has 0 aromatic carbocycles. The SMILES string of the molecule is CCCCCC([CH]C(CCCC)CCCCC)CCCC. The zero-order valence-corrected chi connectivity index (χ0v) is 15.6. The van der Waals surface area contributed by atoms with Crippen molar-refractivity contribution in [1.29, 1.82) is 0 Å². The number of hydrogen-bond acceptors (Lipinski definition) is 0. The highest BCUT2D eigenvalue weighted by Crippen LogP contribution is 2.29. The molecule has 0 aromatic heterocycles. The van der Waals surface area contributed by atoms with Crippen molar-refractivity contribution in [1.82, 2.24) is 0 Å². The minimum atomic E-state index is 0.903. The third-order valence-electron chi connectivity index (χ3n) is 4.76. The standard InChI is InChI=1S/C21H43/c1-5-9-13-17-20(15-11-7-3)19-21(16-12-8-4)18-14-10-6-2/h19-21H,5-18H2,1-4H3. The van der Waals surface area contributed by atoms with Crippen molar-refractivity contribution in [2.24, 2.45) is 11.8 Å². The summed E-state index contributed by atoms with van der Waals surface area (Å²) in [6.45, 7) is 9.30. The first kappa shape index (κ1) is 21.0. The fraction of sp³-hybridized carbons (Fsp3) is 0.952. The van der Waals surface area contributed by atoms with Crippen molar-refractivity contribution in [3.63, 3.8) is 0 Å². The Morgan fingerprint density at radius 2 is 0.810 bits per heavy atom. The Morgan fingerprint density at radius 3 is 1.14 bits per heavy atom. The van der Waals surface area contributed by atoms with E-state index < -0.39 is 0 Å². The van der Waals surface area contributed by atoms with Crippen molar-refractivity contribution in [2.45, 2.75) is 118 Å². The second-order valence-electron chi connectivity index (χ2n) is 6.99. The van der Waals surface area contributed by atoms with E-state index in [0.29, 0.717) is 0 Å². The van der Waals surface area contributed by atoms with Gasteiger partial charge in [0.2, 0.25) is 0 Å². The first-order chi connectivity index (χ1) is 10.3. The van der Waals surface area contributed by atoms with Crippen LogP contribution in [0.1, 0.15) is 118 Å². The lowest BCUT2D eigenvalue weighted by molar-refractivity contribution is 0.373. The van der Waals surface area contributed by atoms with Crippen LogP contribution >= 0.6 is 0 Å². The smallest absolute Gasteiger partial charge is 0.0324 e. The second kappa shape index (κ2) is 16.4. The van der Waals surface area contributed by atoms with E-state index in [2.05, 4.69) is 34.1 Å². The highest BCUT2D eigenvalue weighted by atomic mass is 14.2. The van der Waals surface area contributed by atoms with E-state index in [4.69, 9.17) is 0 Å². The maximum Gasteiger partial charge on any atom is -0.0324 e. The topological polar surface area (TPSA) is 0 Å². The minimum absolute atomic E-state index is 0.903. The largest absolute Gasteiger partial charge is 0.0654 e. The predicted octanol–water partition coefficient (Wildman–Crippen LogP) is 7.96. The lowest BCUT2D eigenvalue weighted by atomic mass is 9.82. The Hall–Kier alpha value is 0. The molecule has 0 aliphatic rings. The molecular weight excluding hydrogens is 252 g/mol. The van der Waals surface area contributed by atoms with Gasteiger partial charge in [-0.3, -0.25) is 0 Å². The maximum atomic E-state index is 2.79. The van der Waals surface area contributed by atoms with Crippen molar-refractivity contribution in [3.05, 3.63) is 6.42 Å². The summed E-state index contributed by atoms with van der Waals surface area (Å²) in [5, 5.41) is 0. The van der Waals surface area contributed by atoms with Crippen LogP contribution in [-0.2, 0) is 0 Å². The zero-order chi connectivity index (χ0) is 15.8. The van der Waals surface area contributed by atoms with Gasteiger partial charge < -0.3 is 0 Å². The molecule has 2 unspecified atom stereocenters. The summed E-state index contributed by atoms with van der Waals surface area (Å²) >= 11 is 0. The zero-order valence-electron chi connectivity index (χ0n) is 15.6. The molecule has 0 spiro atoms. The molecule has 0 aromatic rings. The summed E-state index contributed by atoms with van der Waals surface area (Å²) < 4.78 is 0. The van der Waals surface area contributed by atoms with Gasteiger partial charge in [0.05, 0.1) is 0 Å². The molecule has 1 radical (unpaired) electrons. The summed E-state index contributed by atoms with van der Waals surface area (Å²) in [5.41, 5.74) is 0. The quantitative estimate of drug-likeness (QED) is 0.253. The Morgan fingerprint density at radius 1 is 0.476 bits per heavy atom. The van der Waals surface area contributed by atoms with Crippen LogP contribution in [0.2, 0.25) is 0 Å². The predicted molar refractivity (Wildman–Crippen MR) is 98.6 cm³/mol. The Bertz CT molecular complexity index is 164. The summed E-state index contributed by atoms with van der Waals surface area (Å²) in [6, 6.07) is 0. The third-order valence-corrected chi connectivity index (χ3v) is 4.76. The van der Waals surface area contributed by atoms with Crippen LogP contribution in [0, 0.1) is 18.3 Å². The molecule has 0 heterocycles. The van der Waals surface area contributed by atoms with Gasteiger partial charge in [-0.05, 0) is 18.3 Å². The monoisotopic (exact) mass is 295 g/mol. The molecule has 127 valence electrons. The van der Waals surface area contributed by atoms with Crippen LogP contribution in [-0.4, -0.2) is 0 Å². The number of unbranched alkanes of at least 4 members (excludes halogenated alkanes) is 6. The van der Waals surface area contributed by atoms with Crippen molar-refractivity contribution in [2.75, 3.05) is 0 Å². The first-order valence-electron chi connectivity index (χ1n) is 10.1. The fourth-order valence-corrected chi connectivity index (χ4v) is 3.30. The first-order valence-corrected chi connectivity index (χ1v) is 10.1. The fourth-order valence-electron chi connectivity index (χ4n) is 3.30. The summed E-state index contributed by atoms with van der Waals surface area (Å²) in [6.07, 6.45) is 22.6. The van der Waals surface area contributed by atoms with Gasteiger partial charge in [0.25, 0.3) is 0 Å². The van der Waals surface area contributed by atoms with Crippen molar-refractivity contribution in [3.8, 4) is 0 Å². The van der Waals surface area contributed by atoms with Gasteiger partial charge in [0.15, 0.2) is 0 Å². The van der Waals surface area contributed by atoms with E-state index in [-0.39, 0.29) is 0 Å². The van der Waals surface area contributed by atoms with Gasteiger partial charge in [-0.2, -0.15) is 0 Å². The van der Waals surface area contributed by atoms with Crippen LogP contribution in [0.3, 0.4) is 0 Å². The Balaban J connectivity index is 4.22. The van der Waals surface area contributed by atoms with E-state index in [1.54, 1.807) is 0 Å². The molecule has 0 saturated carbocycles. The molecule has 0 amide bonds. The maximum absolute atomic E-state index is 2.79. The molecule has 0 fully saturated rings. The van der Waals surface area contributed by atoms with Gasteiger partial charge >= 0.3 is 0 Å². The average Bonchev–Trinajstić information content (AvgIpc) is 2.50. The van der Waals surface area contributed by atoms with Crippen molar-refractivity contribution >= 4 is 0 Å². The molecule has 0 saturated heterocycles. The lowest BCUT2D eigenvalue weighted by Gasteiger charge is -2.23. The van der Waals surface area contributed by atoms with E-state index in [9.17, 15) is 0 Å². The number of rotatable bonds is 16. The minimum Gasteiger partial charge on any atom is -0.0654 e. The van der Waals surface area contributed by atoms with Gasteiger partial charge in [-0.25, -0.2) is 0 Å². The van der Waals surface area contributed by atoms with Gasteiger partial charge in [0, 0.05) is 0 Å². The lowest BCUT2D eigenvalue weighted by Crippen LogP contribution is -2.11. The normalized spacial score (nSPS) is 14.3. The van der Waals surface area contributed by atoms with Crippen molar-refractivity contribution < 1.29 is 0 Å². The van der Waals surface area contributed by atoms with Gasteiger partial charge in [0.1, 0.15) is 0 Å². The summed E-state index contributed by atoms with van der Waals surface area (Å²) in [5.74, 6) is 1.81. The Kier molecular flexibility index (Phi) is 16.4. The summed E-state index contributed by atoms with van der Waals surface area (Å²) in [4.78, 5) is 0. The molecule has 21 heavy (non-hydrogen) atoms. The van der Waals surface area contributed by atoms with E-state index in [0.717, 1.165) is 11.8 Å².